The van der Waals surface area contributed by atoms with Crippen molar-refractivity contribution >= 4 is 23.9 Å². The van der Waals surface area contributed by atoms with Crippen molar-refractivity contribution in [1.82, 2.24) is 4.90 Å². The Balaban J connectivity index is 0. The smallest absolute Gasteiger partial charge is 0.307 e. The average molecular weight is 379 g/mol. The van der Waals surface area contributed by atoms with Gasteiger partial charge in [0, 0.05) is 40.4 Å². The maximum absolute atomic E-state index is 11.6. The van der Waals surface area contributed by atoms with Crippen molar-refractivity contribution < 1.29 is 38.1 Å². The number of nitrogens with zero attached hydrogens (tertiary/aromatic N) is 1. The van der Waals surface area contributed by atoms with Crippen molar-refractivity contribution in [3.63, 3.8) is 0 Å². The molecule has 11 heteroatoms. The van der Waals surface area contributed by atoms with Gasteiger partial charge in [0.1, 0.15) is 26.4 Å². The minimum atomic E-state index is -0.438. The third-order valence-corrected chi connectivity index (χ3v) is 2.71. The maximum atomic E-state index is 11.6. The second-order valence-corrected chi connectivity index (χ2v) is 4.83. The molecule has 26 heavy (non-hydrogen) atoms. The van der Waals surface area contributed by atoms with Crippen LogP contribution in [0.1, 0.15) is 27.2 Å². The number of esters is 4. The van der Waals surface area contributed by atoms with Gasteiger partial charge in [0.05, 0.1) is 6.42 Å². The number of carbonyl (C=O) groups excluding carboxylic acids is 4. The van der Waals surface area contributed by atoms with Gasteiger partial charge in [0.2, 0.25) is 0 Å². The van der Waals surface area contributed by atoms with E-state index in [1.54, 1.807) is 0 Å². The highest BCUT2D eigenvalue weighted by molar-refractivity contribution is 5.69. The summed E-state index contributed by atoms with van der Waals surface area (Å²) in [6.45, 7) is 5.42. The molecule has 0 saturated carbocycles. The van der Waals surface area contributed by atoms with E-state index < -0.39 is 11.9 Å². The highest BCUT2D eigenvalue weighted by Gasteiger charge is 2.11. The molecular formula is C15H29N3O8. The Morgan fingerprint density at radius 2 is 1.04 bits per heavy atom. The first kappa shape index (κ1) is 26.0. The topological polar surface area (TPSA) is 160 Å². The predicted molar refractivity (Wildman–Crippen MR) is 90.3 cm³/mol. The minimum Gasteiger partial charge on any atom is -0.465 e. The standard InChI is InChI=1S/C15H25NO8.H4N2/c1-12(17)21-8-6-16(7-9-22-13(2)18)5-4-15(20)24-11-10-23-14(3)19;1-2/h4-11H2,1-3H3;1-2H2. The molecular weight excluding hydrogens is 350 g/mol. The summed E-state index contributed by atoms with van der Waals surface area (Å²) in [5.74, 6) is 6.35. The number of ether oxygens (including phenoxy) is 4. The molecule has 0 spiro atoms. The first-order valence-corrected chi connectivity index (χ1v) is 7.92. The lowest BCUT2D eigenvalue weighted by Gasteiger charge is -2.21. The number of hydrogen-bond donors (Lipinski definition) is 2. The van der Waals surface area contributed by atoms with Gasteiger partial charge in [-0.05, 0) is 0 Å². The zero-order chi connectivity index (χ0) is 20.4. The summed E-state index contributed by atoms with van der Waals surface area (Å²) in [5.41, 5.74) is 0. The molecule has 0 aromatic carbocycles. The van der Waals surface area contributed by atoms with Crippen LogP contribution >= 0.6 is 0 Å². The third-order valence-electron chi connectivity index (χ3n) is 2.71. The Labute approximate surface area is 152 Å². The molecule has 152 valence electrons. The molecule has 0 aliphatic heterocycles. The van der Waals surface area contributed by atoms with Gasteiger partial charge in [0.25, 0.3) is 0 Å². The SMILES string of the molecule is CC(=O)OCCOC(=O)CCN(CCOC(C)=O)CCOC(C)=O.NN. The third kappa shape index (κ3) is 19.8. The van der Waals surface area contributed by atoms with E-state index >= 15 is 0 Å². The van der Waals surface area contributed by atoms with Crippen molar-refractivity contribution in [3.8, 4) is 0 Å². The lowest BCUT2D eigenvalue weighted by atomic mass is 10.3. The van der Waals surface area contributed by atoms with E-state index in [1.165, 1.54) is 20.8 Å². The number of hydrazine groups is 1. The van der Waals surface area contributed by atoms with Crippen LogP contribution in [0.15, 0.2) is 0 Å². The van der Waals surface area contributed by atoms with Crippen molar-refractivity contribution in [2.24, 2.45) is 11.7 Å². The summed E-state index contributed by atoms with van der Waals surface area (Å²) in [7, 11) is 0. The molecule has 11 nitrogen and oxygen atoms in total. The molecule has 0 unspecified atom stereocenters. The fourth-order valence-electron chi connectivity index (χ4n) is 1.63. The molecule has 0 saturated heterocycles. The van der Waals surface area contributed by atoms with Crippen molar-refractivity contribution in [2.45, 2.75) is 27.2 Å². The van der Waals surface area contributed by atoms with Gasteiger partial charge in [-0.3, -0.25) is 35.8 Å². The van der Waals surface area contributed by atoms with Crippen LogP contribution < -0.4 is 11.7 Å². The van der Waals surface area contributed by atoms with Crippen LogP contribution in [-0.2, 0) is 38.1 Å². The van der Waals surface area contributed by atoms with E-state index in [-0.39, 0.29) is 44.8 Å². The van der Waals surface area contributed by atoms with Crippen molar-refractivity contribution in [3.05, 3.63) is 0 Å². The highest BCUT2D eigenvalue weighted by Crippen LogP contribution is 1.96. The molecule has 4 N–H and O–H groups in total. The Kier molecular flexibility index (Phi) is 17.6. The minimum absolute atomic E-state index is 0.000686. The van der Waals surface area contributed by atoms with Gasteiger partial charge < -0.3 is 18.9 Å². The lowest BCUT2D eigenvalue weighted by Crippen LogP contribution is -2.34. The Morgan fingerprint density at radius 3 is 1.46 bits per heavy atom. The maximum Gasteiger partial charge on any atom is 0.307 e. The van der Waals surface area contributed by atoms with Crippen molar-refractivity contribution in [2.75, 3.05) is 46.1 Å². The molecule has 0 aromatic heterocycles. The normalized spacial score (nSPS) is 9.62. The van der Waals surface area contributed by atoms with Crippen LogP contribution in [0, 0.1) is 0 Å². The van der Waals surface area contributed by atoms with E-state index in [4.69, 9.17) is 14.2 Å². The second-order valence-electron chi connectivity index (χ2n) is 4.83. The van der Waals surface area contributed by atoms with Crippen LogP contribution in [-0.4, -0.2) is 74.8 Å². The largest absolute Gasteiger partial charge is 0.465 e. The van der Waals surface area contributed by atoms with Gasteiger partial charge in [-0.2, -0.15) is 0 Å². The average Bonchev–Trinajstić information content (AvgIpc) is 2.57. The van der Waals surface area contributed by atoms with Gasteiger partial charge in [0.15, 0.2) is 0 Å². The van der Waals surface area contributed by atoms with Gasteiger partial charge in [-0.15, -0.1) is 0 Å². The number of nitrogens with two attached hydrogens (primary N) is 2. The lowest BCUT2D eigenvalue weighted by molar-refractivity contribution is -0.151. The zero-order valence-corrected chi connectivity index (χ0v) is 15.5. The highest BCUT2D eigenvalue weighted by atomic mass is 16.6. The summed E-state index contributed by atoms with van der Waals surface area (Å²) in [4.78, 5) is 45.5. The van der Waals surface area contributed by atoms with E-state index in [0.717, 1.165) is 0 Å². The molecule has 0 aromatic rings. The fourth-order valence-corrected chi connectivity index (χ4v) is 1.63. The van der Waals surface area contributed by atoms with Crippen LogP contribution in [0.2, 0.25) is 0 Å². The number of rotatable bonds is 12. The summed E-state index contributed by atoms with van der Waals surface area (Å²) in [6, 6.07) is 0. The Hall–Kier alpha value is -2.24. The molecule has 0 rings (SSSR count). The van der Waals surface area contributed by atoms with Crippen LogP contribution in [0.4, 0.5) is 0 Å². The summed E-state index contributed by atoms with van der Waals surface area (Å²) < 4.78 is 19.3. The molecule has 0 fully saturated rings. The van der Waals surface area contributed by atoms with Gasteiger partial charge in [-0.1, -0.05) is 0 Å². The first-order chi connectivity index (χ1) is 12.3. The summed E-state index contributed by atoms with van der Waals surface area (Å²) in [5, 5.41) is 0. The zero-order valence-electron chi connectivity index (χ0n) is 15.5. The molecule has 0 radical (unpaired) electrons. The second kappa shape index (κ2) is 17.6. The van der Waals surface area contributed by atoms with Crippen molar-refractivity contribution in [1.29, 1.82) is 0 Å². The molecule has 0 aliphatic rings. The molecule has 0 bridgehead atoms. The van der Waals surface area contributed by atoms with E-state index in [2.05, 4.69) is 16.4 Å². The van der Waals surface area contributed by atoms with E-state index in [9.17, 15) is 19.2 Å². The van der Waals surface area contributed by atoms with E-state index in [0.29, 0.717) is 19.6 Å². The molecule has 0 aliphatic carbocycles. The Morgan fingerprint density at radius 1 is 0.654 bits per heavy atom. The van der Waals surface area contributed by atoms with E-state index in [1.807, 2.05) is 4.90 Å². The predicted octanol–water partition coefficient (Wildman–Crippen LogP) is -1.27. The number of carbonyl (C=O) groups is 4. The summed E-state index contributed by atoms with van der Waals surface area (Å²) in [6.07, 6.45) is 0.111. The van der Waals surface area contributed by atoms with Crippen LogP contribution in [0.5, 0.6) is 0 Å². The number of hydrogen-bond acceptors (Lipinski definition) is 11. The molecule has 0 heterocycles. The molecule has 0 amide bonds. The van der Waals surface area contributed by atoms with Crippen LogP contribution in [0.25, 0.3) is 0 Å². The summed E-state index contributed by atoms with van der Waals surface area (Å²) >= 11 is 0. The Bertz CT molecular complexity index is 411. The first-order valence-electron chi connectivity index (χ1n) is 7.92. The van der Waals surface area contributed by atoms with Gasteiger partial charge in [-0.25, -0.2) is 0 Å². The van der Waals surface area contributed by atoms with Crippen LogP contribution in [0.3, 0.4) is 0 Å². The molecule has 0 atom stereocenters. The fraction of sp³-hybridized carbons (Fsp3) is 0.733. The van der Waals surface area contributed by atoms with Gasteiger partial charge >= 0.3 is 23.9 Å². The quantitative estimate of drug-likeness (QED) is 0.137. The monoisotopic (exact) mass is 379 g/mol.